The Morgan fingerprint density at radius 1 is 1.25 bits per heavy atom. The van der Waals surface area contributed by atoms with E-state index in [1.165, 1.54) is 10.8 Å². The van der Waals surface area contributed by atoms with E-state index in [4.69, 9.17) is 9.72 Å². The predicted octanol–water partition coefficient (Wildman–Crippen LogP) is 2.35. The number of rotatable bonds is 8. The SMILES string of the molecule is CCOC(=O)C(C)Cn1cc(C(=O)NCCN(C)C)c2nc3c(C)cccc3cc2c1=O. The minimum absolute atomic E-state index is 0.109. The molecule has 0 aliphatic carbocycles. The number of fused-ring (bicyclic) bond motifs is 2. The number of carbonyl (C=O) groups is 2. The van der Waals surface area contributed by atoms with Gasteiger partial charge < -0.3 is 19.5 Å². The van der Waals surface area contributed by atoms with Crippen LogP contribution in [0.25, 0.3) is 21.8 Å². The van der Waals surface area contributed by atoms with Gasteiger partial charge in [0.25, 0.3) is 11.5 Å². The van der Waals surface area contributed by atoms with Crippen LogP contribution in [0.5, 0.6) is 0 Å². The number of amides is 1. The van der Waals surface area contributed by atoms with Gasteiger partial charge >= 0.3 is 5.97 Å². The van der Waals surface area contributed by atoms with E-state index < -0.39 is 5.92 Å². The maximum atomic E-state index is 13.3. The van der Waals surface area contributed by atoms with E-state index in [9.17, 15) is 14.4 Å². The zero-order valence-electron chi connectivity index (χ0n) is 19.3. The van der Waals surface area contributed by atoms with Crippen molar-refractivity contribution in [3.8, 4) is 0 Å². The van der Waals surface area contributed by atoms with Crippen molar-refractivity contribution >= 4 is 33.7 Å². The number of aromatic nitrogens is 2. The number of hydrogen-bond acceptors (Lipinski definition) is 6. The molecule has 2 aromatic heterocycles. The summed E-state index contributed by atoms with van der Waals surface area (Å²) in [5.41, 5.74) is 2.08. The van der Waals surface area contributed by atoms with Crippen molar-refractivity contribution in [2.45, 2.75) is 27.3 Å². The Balaban J connectivity index is 2.15. The monoisotopic (exact) mass is 438 g/mol. The van der Waals surface area contributed by atoms with Gasteiger partial charge in [0.1, 0.15) is 0 Å². The van der Waals surface area contributed by atoms with Crippen molar-refractivity contribution in [2.75, 3.05) is 33.8 Å². The maximum absolute atomic E-state index is 13.3. The first-order valence-corrected chi connectivity index (χ1v) is 10.8. The van der Waals surface area contributed by atoms with Crippen LogP contribution in [-0.4, -0.2) is 60.1 Å². The van der Waals surface area contributed by atoms with E-state index in [0.29, 0.717) is 29.6 Å². The van der Waals surface area contributed by atoms with Crippen molar-refractivity contribution in [1.29, 1.82) is 0 Å². The van der Waals surface area contributed by atoms with E-state index in [1.807, 2.05) is 44.1 Å². The van der Waals surface area contributed by atoms with Crippen LogP contribution in [-0.2, 0) is 16.1 Å². The molecule has 0 aliphatic heterocycles. The first-order chi connectivity index (χ1) is 15.2. The van der Waals surface area contributed by atoms with Gasteiger partial charge in [-0.05, 0) is 39.6 Å². The lowest BCUT2D eigenvalue weighted by molar-refractivity contribution is -0.147. The van der Waals surface area contributed by atoms with Crippen LogP contribution < -0.4 is 10.9 Å². The Morgan fingerprint density at radius 3 is 2.69 bits per heavy atom. The van der Waals surface area contributed by atoms with Gasteiger partial charge in [0.15, 0.2) is 0 Å². The number of esters is 1. The van der Waals surface area contributed by atoms with Crippen molar-refractivity contribution in [1.82, 2.24) is 19.8 Å². The van der Waals surface area contributed by atoms with Gasteiger partial charge in [-0.2, -0.15) is 0 Å². The van der Waals surface area contributed by atoms with Gasteiger partial charge in [-0.1, -0.05) is 25.1 Å². The molecule has 0 radical (unpaired) electrons. The fourth-order valence-corrected chi connectivity index (χ4v) is 3.59. The average Bonchev–Trinajstić information content (AvgIpc) is 2.75. The zero-order chi connectivity index (χ0) is 23.4. The Labute approximate surface area is 187 Å². The second kappa shape index (κ2) is 9.91. The number of carbonyl (C=O) groups excluding carboxylic acids is 2. The number of ether oxygens (including phenoxy) is 1. The highest BCUT2D eigenvalue weighted by atomic mass is 16.5. The molecule has 3 aromatic rings. The predicted molar refractivity (Wildman–Crippen MR) is 125 cm³/mol. The summed E-state index contributed by atoms with van der Waals surface area (Å²) in [5, 5.41) is 4.07. The zero-order valence-corrected chi connectivity index (χ0v) is 19.3. The molecule has 170 valence electrons. The largest absolute Gasteiger partial charge is 0.466 e. The summed E-state index contributed by atoms with van der Waals surface area (Å²) in [7, 11) is 3.85. The molecular formula is C24H30N4O4. The molecule has 0 fully saturated rings. The number of nitrogens with zero attached hydrogens (tertiary/aromatic N) is 3. The second-order valence-electron chi connectivity index (χ2n) is 8.24. The summed E-state index contributed by atoms with van der Waals surface area (Å²) >= 11 is 0. The van der Waals surface area contributed by atoms with E-state index >= 15 is 0 Å². The Morgan fingerprint density at radius 2 is 2.00 bits per heavy atom. The standard InChI is InChI=1S/C24H30N4O4/c1-6-32-24(31)16(3)13-28-14-19(22(29)25-10-11-27(4)5)21-18(23(28)30)12-17-9-7-8-15(2)20(17)26-21/h7-9,12,14,16H,6,10-11,13H2,1-5H3,(H,25,29). The van der Waals surface area contributed by atoms with E-state index in [2.05, 4.69) is 5.32 Å². The van der Waals surface area contributed by atoms with Gasteiger partial charge in [0.2, 0.25) is 0 Å². The molecule has 32 heavy (non-hydrogen) atoms. The highest BCUT2D eigenvalue weighted by molar-refractivity contribution is 6.07. The molecule has 1 aromatic carbocycles. The fourth-order valence-electron chi connectivity index (χ4n) is 3.59. The lowest BCUT2D eigenvalue weighted by atomic mass is 10.1. The first-order valence-electron chi connectivity index (χ1n) is 10.8. The summed E-state index contributed by atoms with van der Waals surface area (Å²) < 4.78 is 6.49. The average molecular weight is 439 g/mol. The molecule has 8 heteroatoms. The Bertz CT molecular complexity index is 1220. The molecule has 8 nitrogen and oxygen atoms in total. The number of hydrogen-bond donors (Lipinski definition) is 1. The molecule has 1 atom stereocenters. The van der Waals surface area contributed by atoms with Crippen LogP contribution in [0, 0.1) is 12.8 Å². The lowest BCUT2D eigenvalue weighted by Crippen LogP contribution is -2.33. The topological polar surface area (TPSA) is 93.5 Å². The van der Waals surface area contributed by atoms with Crippen LogP contribution >= 0.6 is 0 Å². The molecule has 1 amide bonds. The molecule has 2 heterocycles. The van der Waals surface area contributed by atoms with Gasteiger partial charge in [-0.15, -0.1) is 0 Å². The van der Waals surface area contributed by atoms with E-state index in [-0.39, 0.29) is 30.6 Å². The van der Waals surface area contributed by atoms with Crippen LogP contribution in [0.1, 0.15) is 29.8 Å². The summed E-state index contributed by atoms with van der Waals surface area (Å²) in [5.74, 6) is -1.23. The van der Waals surface area contributed by atoms with Crippen LogP contribution in [0.2, 0.25) is 0 Å². The van der Waals surface area contributed by atoms with Crippen molar-refractivity contribution in [3.63, 3.8) is 0 Å². The second-order valence-corrected chi connectivity index (χ2v) is 8.24. The van der Waals surface area contributed by atoms with Gasteiger partial charge in [-0.25, -0.2) is 4.98 Å². The smallest absolute Gasteiger partial charge is 0.310 e. The highest BCUT2D eigenvalue weighted by Gasteiger charge is 2.21. The summed E-state index contributed by atoms with van der Waals surface area (Å²) in [6.07, 6.45) is 1.50. The normalized spacial score (nSPS) is 12.3. The molecule has 0 saturated carbocycles. The number of aryl methyl sites for hydroxylation is 1. The number of nitrogens with one attached hydrogen (secondary N) is 1. The molecule has 1 unspecified atom stereocenters. The summed E-state index contributed by atoms with van der Waals surface area (Å²) in [6, 6.07) is 7.52. The number of para-hydroxylation sites is 1. The van der Waals surface area contributed by atoms with Crippen LogP contribution in [0.4, 0.5) is 0 Å². The molecule has 3 rings (SSSR count). The molecule has 0 aliphatic rings. The van der Waals surface area contributed by atoms with Crippen LogP contribution in [0.3, 0.4) is 0 Å². The first kappa shape index (κ1) is 23.4. The number of pyridine rings is 2. The molecule has 1 N–H and O–H groups in total. The third kappa shape index (κ3) is 4.96. The van der Waals surface area contributed by atoms with E-state index in [1.54, 1.807) is 19.9 Å². The van der Waals surface area contributed by atoms with Crippen LogP contribution in [0.15, 0.2) is 35.3 Å². The molecule has 0 spiro atoms. The van der Waals surface area contributed by atoms with Gasteiger partial charge in [-0.3, -0.25) is 14.4 Å². The molecular weight excluding hydrogens is 408 g/mol. The summed E-state index contributed by atoms with van der Waals surface area (Å²) in [4.78, 5) is 45.2. The Kier molecular flexibility index (Phi) is 7.25. The van der Waals surface area contributed by atoms with E-state index in [0.717, 1.165) is 16.5 Å². The summed E-state index contributed by atoms with van der Waals surface area (Å²) in [6.45, 7) is 6.90. The Hall–Kier alpha value is -3.26. The molecule has 0 saturated heterocycles. The number of likely N-dealkylation sites (N-methyl/N-ethyl adjacent to an activating group) is 1. The van der Waals surface area contributed by atoms with Crippen molar-refractivity contribution in [3.05, 3.63) is 51.9 Å². The molecule has 0 bridgehead atoms. The highest BCUT2D eigenvalue weighted by Crippen LogP contribution is 2.23. The quantitative estimate of drug-likeness (QED) is 0.429. The fraction of sp³-hybridized carbons (Fsp3) is 0.417. The number of benzene rings is 1. The lowest BCUT2D eigenvalue weighted by Gasteiger charge is -2.16. The minimum atomic E-state index is -0.537. The minimum Gasteiger partial charge on any atom is -0.466 e. The van der Waals surface area contributed by atoms with Crippen molar-refractivity contribution < 1.29 is 14.3 Å². The third-order valence-electron chi connectivity index (χ3n) is 5.33. The third-order valence-corrected chi connectivity index (χ3v) is 5.33. The van der Waals surface area contributed by atoms with Gasteiger partial charge in [0.05, 0.1) is 34.5 Å². The van der Waals surface area contributed by atoms with Gasteiger partial charge in [0, 0.05) is 31.2 Å². The maximum Gasteiger partial charge on any atom is 0.310 e. The van der Waals surface area contributed by atoms with Crippen molar-refractivity contribution in [2.24, 2.45) is 5.92 Å².